The van der Waals surface area contributed by atoms with Crippen molar-refractivity contribution < 1.29 is 23.9 Å². The number of esters is 1. The third-order valence-corrected chi connectivity index (χ3v) is 5.36. The zero-order chi connectivity index (χ0) is 22.8. The highest BCUT2D eigenvalue weighted by atomic mass is 35.5. The van der Waals surface area contributed by atoms with Crippen LogP contribution >= 0.6 is 35.0 Å². The van der Waals surface area contributed by atoms with E-state index in [2.05, 4.69) is 15.6 Å². The van der Waals surface area contributed by atoms with E-state index in [-0.39, 0.29) is 28.1 Å². The molecule has 1 atom stereocenters. The molecular weight excluding hydrogens is 465 g/mol. The molecule has 2 amide bonds. The minimum absolute atomic E-state index is 0.106. The van der Waals surface area contributed by atoms with Crippen molar-refractivity contribution >= 4 is 58.6 Å². The Morgan fingerprint density at radius 3 is 2.68 bits per heavy atom. The summed E-state index contributed by atoms with van der Waals surface area (Å²) in [5.74, 6) is -1.27. The second-order valence-electron chi connectivity index (χ2n) is 6.15. The number of nitrogens with one attached hydrogen (secondary N) is 2. The number of thioether (sulfide) groups is 1. The highest BCUT2D eigenvalue weighted by molar-refractivity contribution is 8.00. The van der Waals surface area contributed by atoms with Gasteiger partial charge in [0.05, 0.1) is 28.0 Å². The van der Waals surface area contributed by atoms with E-state index in [1.54, 1.807) is 31.4 Å². The Hall–Kier alpha value is -2.33. The Labute approximate surface area is 194 Å². The van der Waals surface area contributed by atoms with Crippen molar-refractivity contribution in [1.29, 1.82) is 0 Å². The van der Waals surface area contributed by atoms with Crippen LogP contribution in [0.5, 0.6) is 0 Å². The van der Waals surface area contributed by atoms with Crippen LogP contribution in [0.3, 0.4) is 0 Å². The summed E-state index contributed by atoms with van der Waals surface area (Å²) in [6.07, 6.45) is 0.218. The second-order valence-corrected chi connectivity index (χ2v) is 8.01. The molecule has 8 nitrogen and oxygen atoms in total. The van der Waals surface area contributed by atoms with Crippen LogP contribution in [-0.2, 0) is 19.1 Å². The van der Waals surface area contributed by atoms with Gasteiger partial charge in [-0.05, 0) is 25.1 Å². The summed E-state index contributed by atoms with van der Waals surface area (Å²) in [6.45, 7) is 2.24. The number of benzene rings is 1. The van der Waals surface area contributed by atoms with Crippen LogP contribution in [0.2, 0.25) is 10.0 Å². The highest BCUT2D eigenvalue weighted by Crippen LogP contribution is 2.25. The number of rotatable bonds is 10. The van der Waals surface area contributed by atoms with Crippen LogP contribution in [0.1, 0.15) is 17.3 Å². The molecule has 0 aliphatic rings. The lowest BCUT2D eigenvalue weighted by atomic mass is 10.2. The number of amides is 2. The third-order valence-electron chi connectivity index (χ3n) is 3.80. The number of aromatic nitrogens is 1. The van der Waals surface area contributed by atoms with Gasteiger partial charge < -0.3 is 20.1 Å². The van der Waals surface area contributed by atoms with Crippen molar-refractivity contribution in [3.05, 3.63) is 52.1 Å². The SMILES string of the molecule is COCCNC(=O)CSc1ccccc1C(=O)OC(C)C(=O)Nc1ncc(Cl)cc1Cl. The summed E-state index contributed by atoms with van der Waals surface area (Å²) < 4.78 is 10.2. The van der Waals surface area contributed by atoms with Gasteiger partial charge in [0.1, 0.15) is 0 Å². The Balaban J connectivity index is 1.96. The van der Waals surface area contributed by atoms with Gasteiger partial charge in [0.25, 0.3) is 5.91 Å². The molecule has 0 fully saturated rings. The highest BCUT2D eigenvalue weighted by Gasteiger charge is 2.22. The van der Waals surface area contributed by atoms with Gasteiger partial charge in [-0.25, -0.2) is 9.78 Å². The van der Waals surface area contributed by atoms with Gasteiger partial charge in [0.2, 0.25) is 5.91 Å². The standard InChI is InChI=1S/C20H21Cl2N3O5S/c1-12(19(27)25-18-15(22)9-13(21)10-24-18)30-20(28)14-5-3-4-6-16(14)31-11-17(26)23-7-8-29-2/h3-6,9-10,12H,7-8,11H2,1-2H3,(H,23,26)(H,24,25,27). The van der Waals surface area contributed by atoms with Crippen LogP contribution < -0.4 is 10.6 Å². The van der Waals surface area contributed by atoms with Gasteiger partial charge in [-0.1, -0.05) is 35.3 Å². The number of hydrogen-bond acceptors (Lipinski definition) is 7. The molecule has 1 aromatic heterocycles. The Morgan fingerprint density at radius 2 is 1.97 bits per heavy atom. The maximum Gasteiger partial charge on any atom is 0.340 e. The molecule has 0 radical (unpaired) electrons. The molecule has 0 aliphatic heterocycles. The van der Waals surface area contributed by atoms with Crippen molar-refractivity contribution in [2.75, 3.05) is 31.3 Å². The predicted molar refractivity (Wildman–Crippen MR) is 120 cm³/mol. The largest absolute Gasteiger partial charge is 0.449 e. The molecule has 0 bridgehead atoms. The summed E-state index contributed by atoms with van der Waals surface area (Å²) >= 11 is 13.0. The average molecular weight is 486 g/mol. The predicted octanol–water partition coefficient (Wildman–Crippen LogP) is 3.43. The van der Waals surface area contributed by atoms with Crippen molar-refractivity contribution in [3.63, 3.8) is 0 Å². The monoisotopic (exact) mass is 485 g/mol. The van der Waals surface area contributed by atoms with Crippen molar-refractivity contribution in [2.45, 2.75) is 17.9 Å². The summed E-state index contributed by atoms with van der Waals surface area (Å²) in [6, 6.07) is 8.11. The quantitative estimate of drug-likeness (QED) is 0.301. The lowest BCUT2D eigenvalue weighted by molar-refractivity contribution is -0.123. The number of anilines is 1. The molecular formula is C20H21Cl2N3O5S. The molecule has 0 spiro atoms. The zero-order valence-electron chi connectivity index (χ0n) is 16.8. The topological polar surface area (TPSA) is 107 Å². The maximum atomic E-state index is 12.6. The van der Waals surface area contributed by atoms with Gasteiger partial charge >= 0.3 is 5.97 Å². The van der Waals surface area contributed by atoms with Crippen LogP contribution in [0.15, 0.2) is 41.4 Å². The first-order valence-electron chi connectivity index (χ1n) is 9.12. The number of methoxy groups -OCH3 is 1. The number of nitrogens with zero attached hydrogens (tertiary/aromatic N) is 1. The maximum absolute atomic E-state index is 12.6. The van der Waals surface area contributed by atoms with Crippen molar-refractivity contribution in [3.8, 4) is 0 Å². The lowest BCUT2D eigenvalue weighted by Gasteiger charge is -2.15. The average Bonchev–Trinajstić information content (AvgIpc) is 2.74. The second kappa shape index (κ2) is 12.5. The minimum Gasteiger partial charge on any atom is -0.449 e. The molecule has 1 unspecified atom stereocenters. The number of hydrogen-bond donors (Lipinski definition) is 2. The summed E-state index contributed by atoms with van der Waals surface area (Å²) in [5.41, 5.74) is 0.250. The number of halogens is 2. The Kier molecular flexibility index (Phi) is 10.1. The normalized spacial score (nSPS) is 11.5. The third kappa shape index (κ3) is 8.02. The van der Waals surface area contributed by atoms with Gasteiger partial charge in [0, 0.05) is 24.7 Å². The summed E-state index contributed by atoms with van der Waals surface area (Å²) in [4.78, 5) is 41.3. The molecule has 2 aromatic rings. The van der Waals surface area contributed by atoms with E-state index in [1.807, 2.05) is 0 Å². The molecule has 0 saturated heterocycles. The molecule has 2 rings (SSSR count). The van der Waals surface area contributed by atoms with Crippen LogP contribution in [-0.4, -0.2) is 54.9 Å². The van der Waals surface area contributed by atoms with Crippen molar-refractivity contribution in [2.24, 2.45) is 0 Å². The van der Waals surface area contributed by atoms with E-state index in [1.165, 1.54) is 30.9 Å². The Morgan fingerprint density at radius 1 is 1.23 bits per heavy atom. The van der Waals surface area contributed by atoms with Crippen LogP contribution in [0.4, 0.5) is 5.82 Å². The number of ether oxygens (including phenoxy) is 2. The fourth-order valence-electron chi connectivity index (χ4n) is 2.25. The fourth-order valence-corrected chi connectivity index (χ4v) is 3.55. The first-order chi connectivity index (χ1) is 14.8. The van der Waals surface area contributed by atoms with E-state index in [0.29, 0.717) is 23.1 Å². The molecule has 1 aromatic carbocycles. The van der Waals surface area contributed by atoms with Gasteiger partial charge in [-0.2, -0.15) is 0 Å². The fraction of sp³-hybridized carbons (Fsp3) is 0.300. The van der Waals surface area contributed by atoms with E-state index in [0.717, 1.165) is 0 Å². The van der Waals surface area contributed by atoms with E-state index >= 15 is 0 Å². The molecule has 0 saturated carbocycles. The molecule has 166 valence electrons. The first kappa shape index (κ1) is 24.9. The number of pyridine rings is 1. The van der Waals surface area contributed by atoms with E-state index in [4.69, 9.17) is 32.7 Å². The van der Waals surface area contributed by atoms with Gasteiger partial charge in [-0.3, -0.25) is 9.59 Å². The number of carbonyl (C=O) groups is 3. The van der Waals surface area contributed by atoms with E-state index < -0.39 is 18.0 Å². The zero-order valence-corrected chi connectivity index (χ0v) is 19.1. The summed E-state index contributed by atoms with van der Waals surface area (Å²) in [5, 5.41) is 5.67. The van der Waals surface area contributed by atoms with Gasteiger partial charge in [0.15, 0.2) is 11.9 Å². The Bertz CT molecular complexity index is 945. The summed E-state index contributed by atoms with van der Waals surface area (Å²) in [7, 11) is 1.55. The molecule has 11 heteroatoms. The lowest BCUT2D eigenvalue weighted by Crippen LogP contribution is -2.30. The molecule has 0 aliphatic carbocycles. The molecule has 1 heterocycles. The van der Waals surface area contributed by atoms with Crippen molar-refractivity contribution in [1.82, 2.24) is 10.3 Å². The molecule has 2 N–H and O–H groups in total. The first-order valence-corrected chi connectivity index (χ1v) is 10.9. The minimum atomic E-state index is -1.11. The van der Waals surface area contributed by atoms with Gasteiger partial charge in [-0.15, -0.1) is 11.8 Å². The molecule has 31 heavy (non-hydrogen) atoms. The van der Waals surface area contributed by atoms with E-state index in [9.17, 15) is 14.4 Å². The number of carbonyl (C=O) groups excluding carboxylic acids is 3. The van der Waals surface area contributed by atoms with Crippen LogP contribution in [0, 0.1) is 0 Å². The smallest absolute Gasteiger partial charge is 0.340 e. The van der Waals surface area contributed by atoms with Crippen LogP contribution in [0.25, 0.3) is 0 Å².